The fourth-order valence-electron chi connectivity index (χ4n) is 1.74. The van der Waals surface area contributed by atoms with E-state index in [9.17, 15) is 9.90 Å². The number of thiophene rings is 1. The molecule has 2 rings (SSSR count). The van der Waals surface area contributed by atoms with Crippen LogP contribution in [0.5, 0.6) is 5.75 Å². The maximum absolute atomic E-state index is 11.8. The average Bonchev–Trinajstić information content (AvgIpc) is 2.93. The van der Waals surface area contributed by atoms with Gasteiger partial charge in [-0.1, -0.05) is 24.0 Å². The first-order chi connectivity index (χ1) is 10.2. The predicted molar refractivity (Wildman–Crippen MR) is 83.9 cm³/mol. The highest BCUT2D eigenvalue weighted by atomic mass is 32.1. The van der Waals surface area contributed by atoms with E-state index in [1.165, 1.54) is 0 Å². The lowest BCUT2D eigenvalue weighted by Gasteiger charge is -2.04. The van der Waals surface area contributed by atoms with Gasteiger partial charge in [-0.2, -0.15) is 0 Å². The summed E-state index contributed by atoms with van der Waals surface area (Å²) < 4.78 is 0. The molecule has 0 aliphatic heterocycles. The van der Waals surface area contributed by atoms with Gasteiger partial charge in [0.1, 0.15) is 5.75 Å². The zero-order valence-corrected chi connectivity index (χ0v) is 12.2. The molecular formula is C16H16N2O2S. The van der Waals surface area contributed by atoms with Crippen molar-refractivity contribution in [1.82, 2.24) is 5.32 Å². The molecule has 108 valence electrons. The normalized spacial score (nSPS) is 9.76. The van der Waals surface area contributed by atoms with Crippen LogP contribution >= 0.6 is 11.3 Å². The second kappa shape index (κ2) is 7.48. The average molecular weight is 300 g/mol. The molecule has 0 radical (unpaired) electrons. The summed E-state index contributed by atoms with van der Waals surface area (Å²) in [6.45, 7) is 0.834. The van der Waals surface area contributed by atoms with Crippen molar-refractivity contribution in [3.8, 4) is 17.6 Å². The fraction of sp³-hybridized carbons (Fsp3) is 0.188. The molecule has 4 N–H and O–H groups in total. The summed E-state index contributed by atoms with van der Waals surface area (Å²) in [5, 5.41) is 14.0. The van der Waals surface area contributed by atoms with Crippen molar-refractivity contribution >= 4 is 17.2 Å². The van der Waals surface area contributed by atoms with Crippen molar-refractivity contribution in [1.29, 1.82) is 0 Å². The summed E-state index contributed by atoms with van der Waals surface area (Å²) in [5.41, 5.74) is 7.11. The van der Waals surface area contributed by atoms with E-state index in [1.807, 2.05) is 11.4 Å². The molecule has 1 aromatic carbocycles. The molecule has 1 amide bonds. The van der Waals surface area contributed by atoms with Crippen LogP contribution in [0.3, 0.4) is 0 Å². The Labute approximate surface area is 127 Å². The molecule has 1 aromatic heterocycles. The standard InChI is InChI=1S/C16H16N2O2S/c17-7-1-2-13-8-15(21-11-13)10-18-16(20)9-12-3-5-14(19)6-4-12/h3-6,8,11,19H,7,9-10,17H2,(H,18,20). The maximum atomic E-state index is 11.8. The second-order valence-electron chi connectivity index (χ2n) is 4.43. The minimum Gasteiger partial charge on any atom is -0.508 e. The van der Waals surface area contributed by atoms with Crippen LogP contribution in [-0.4, -0.2) is 17.6 Å². The summed E-state index contributed by atoms with van der Waals surface area (Å²) in [6, 6.07) is 8.57. The third-order valence-electron chi connectivity index (χ3n) is 2.75. The summed E-state index contributed by atoms with van der Waals surface area (Å²) in [5.74, 6) is 5.90. The third-order valence-corrected chi connectivity index (χ3v) is 3.69. The van der Waals surface area contributed by atoms with E-state index in [-0.39, 0.29) is 11.7 Å². The number of amides is 1. The molecule has 0 saturated heterocycles. The molecule has 0 unspecified atom stereocenters. The number of phenols is 1. The van der Waals surface area contributed by atoms with Crippen LogP contribution in [0.1, 0.15) is 16.0 Å². The summed E-state index contributed by atoms with van der Waals surface area (Å²) in [7, 11) is 0. The Balaban J connectivity index is 1.83. The van der Waals surface area contributed by atoms with Crippen LogP contribution in [0.15, 0.2) is 35.7 Å². The maximum Gasteiger partial charge on any atom is 0.224 e. The van der Waals surface area contributed by atoms with Gasteiger partial charge in [-0.15, -0.1) is 11.3 Å². The van der Waals surface area contributed by atoms with Gasteiger partial charge in [0.2, 0.25) is 5.91 Å². The number of benzene rings is 1. The first kappa shape index (κ1) is 15.1. The lowest BCUT2D eigenvalue weighted by Crippen LogP contribution is -2.24. The highest BCUT2D eigenvalue weighted by Crippen LogP contribution is 2.14. The number of aromatic hydroxyl groups is 1. The van der Waals surface area contributed by atoms with E-state index in [1.54, 1.807) is 35.6 Å². The highest BCUT2D eigenvalue weighted by Gasteiger charge is 2.04. The molecule has 0 spiro atoms. The first-order valence-electron chi connectivity index (χ1n) is 6.48. The van der Waals surface area contributed by atoms with Gasteiger partial charge in [0.15, 0.2) is 0 Å². The smallest absolute Gasteiger partial charge is 0.224 e. The predicted octanol–water partition coefficient (Wildman–Crippen LogP) is 1.62. The van der Waals surface area contributed by atoms with Gasteiger partial charge in [-0.3, -0.25) is 4.79 Å². The fourth-order valence-corrected chi connectivity index (χ4v) is 2.50. The van der Waals surface area contributed by atoms with Crippen LogP contribution in [-0.2, 0) is 17.8 Å². The van der Waals surface area contributed by atoms with Gasteiger partial charge < -0.3 is 16.2 Å². The van der Waals surface area contributed by atoms with Gasteiger partial charge in [0.25, 0.3) is 0 Å². The number of hydrogen-bond donors (Lipinski definition) is 3. The van der Waals surface area contributed by atoms with E-state index < -0.39 is 0 Å². The Morgan fingerprint density at radius 1 is 1.33 bits per heavy atom. The number of nitrogens with one attached hydrogen (secondary N) is 1. The number of nitrogens with two attached hydrogens (primary N) is 1. The van der Waals surface area contributed by atoms with Crippen LogP contribution in [0.4, 0.5) is 0 Å². The Morgan fingerprint density at radius 2 is 2.10 bits per heavy atom. The minimum atomic E-state index is -0.0521. The van der Waals surface area contributed by atoms with Crippen molar-refractivity contribution in [2.45, 2.75) is 13.0 Å². The van der Waals surface area contributed by atoms with Gasteiger partial charge in [0, 0.05) is 15.8 Å². The summed E-state index contributed by atoms with van der Waals surface area (Å²) in [4.78, 5) is 12.9. The second-order valence-corrected chi connectivity index (χ2v) is 5.42. The van der Waals surface area contributed by atoms with Crippen molar-refractivity contribution in [3.63, 3.8) is 0 Å². The van der Waals surface area contributed by atoms with Gasteiger partial charge >= 0.3 is 0 Å². The van der Waals surface area contributed by atoms with E-state index in [0.717, 1.165) is 16.0 Å². The molecule has 5 heteroatoms. The molecule has 4 nitrogen and oxygen atoms in total. The molecule has 21 heavy (non-hydrogen) atoms. The van der Waals surface area contributed by atoms with Crippen molar-refractivity contribution in [3.05, 3.63) is 51.7 Å². The zero-order valence-electron chi connectivity index (χ0n) is 11.4. The molecule has 1 heterocycles. The summed E-state index contributed by atoms with van der Waals surface area (Å²) >= 11 is 1.56. The molecule has 0 bridgehead atoms. The number of rotatable bonds is 4. The monoisotopic (exact) mass is 300 g/mol. The van der Waals surface area contributed by atoms with Crippen LogP contribution in [0.25, 0.3) is 0 Å². The summed E-state index contributed by atoms with van der Waals surface area (Å²) in [6.07, 6.45) is 0.297. The van der Waals surface area contributed by atoms with E-state index in [4.69, 9.17) is 5.73 Å². The Morgan fingerprint density at radius 3 is 2.81 bits per heavy atom. The van der Waals surface area contributed by atoms with E-state index in [0.29, 0.717) is 19.5 Å². The van der Waals surface area contributed by atoms with Gasteiger partial charge in [-0.05, 0) is 23.8 Å². The molecule has 0 aliphatic rings. The Kier molecular flexibility index (Phi) is 5.38. The molecule has 0 saturated carbocycles. The Hall–Kier alpha value is -2.29. The van der Waals surface area contributed by atoms with Crippen LogP contribution in [0, 0.1) is 11.8 Å². The molecule has 2 aromatic rings. The van der Waals surface area contributed by atoms with Gasteiger partial charge in [-0.25, -0.2) is 0 Å². The first-order valence-corrected chi connectivity index (χ1v) is 7.36. The lowest BCUT2D eigenvalue weighted by atomic mass is 10.1. The van der Waals surface area contributed by atoms with Gasteiger partial charge in [0.05, 0.1) is 19.5 Å². The largest absolute Gasteiger partial charge is 0.508 e. The molecule has 0 fully saturated rings. The molecule has 0 atom stereocenters. The lowest BCUT2D eigenvalue weighted by molar-refractivity contribution is -0.120. The SMILES string of the molecule is NCC#Cc1csc(CNC(=O)Cc2ccc(O)cc2)c1. The Bertz CT molecular complexity index is 666. The number of phenolic OH excluding ortho intramolecular Hbond substituents is 1. The van der Waals surface area contributed by atoms with E-state index >= 15 is 0 Å². The van der Waals surface area contributed by atoms with Crippen LogP contribution < -0.4 is 11.1 Å². The van der Waals surface area contributed by atoms with E-state index in [2.05, 4.69) is 17.2 Å². The number of carbonyl (C=O) groups is 1. The molecular weight excluding hydrogens is 284 g/mol. The quantitative estimate of drug-likeness (QED) is 0.751. The topological polar surface area (TPSA) is 75.3 Å². The van der Waals surface area contributed by atoms with Crippen LogP contribution in [0.2, 0.25) is 0 Å². The number of hydrogen-bond acceptors (Lipinski definition) is 4. The zero-order chi connectivity index (χ0) is 15.1. The van der Waals surface area contributed by atoms with Crippen molar-refractivity contribution < 1.29 is 9.90 Å². The third kappa shape index (κ3) is 4.95. The van der Waals surface area contributed by atoms with Crippen molar-refractivity contribution in [2.24, 2.45) is 5.73 Å². The molecule has 0 aliphatic carbocycles. The number of carbonyl (C=O) groups excluding carboxylic acids is 1. The minimum absolute atomic E-state index is 0.0521. The highest BCUT2D eigenvalue weighted by molar-refractivity contribution is 7.10. The van der Waals surface area contributed by atoms with Crippen molar-refractivity contribution in [2.75, 3.05) is 6.54 Å².